The van der Waals surface area contributed by atoms with Gasteiger partial charge in [-0.1, -0.05) is 24.3 Å². The number of rotatable bonds is 6. The number of amides is 1. The summed E-state index contributed by atoms with van der Waals surface area (Å²) >= 11 is 1.68. The minimum absolute atomic E-state index is 0.125. The second-order valence-corrected chi connectivity index (χ2v) is 5.24. The summed E-state index contributed by atoms with van der Waals surface area (Å²) in [6.07, 6.45) is 0. The lowest BCUT2D eigenvalue weighted by molar-refractivity contribution is -0.129. The number of thiophene rings is 1. The molecule has 2 rings (SSSR count). The van der Waals surface area contributed by atoms with Crippen LogP contribution in [0.3, 0.4) is 0 Å². The molecular weight excluding hydrogens is 256 g/mol. The number of para-hydroxylation sites is 1. The predicted molar refractivity (Wildman–Crippen MR) is 80.3 cm³/mol. The Balaban J connectivity index is 1.87. The van der Waals surface area contributed by atoms with E-state index in [2.05, 4.69) is 11.4 Å². The van der Waals surface area contributed by atoms with Crippen molar-refractivity contribution in [2.75, 3.05) is 18.4 Å². The molecule has 1 aromatic carbocycles. The molecule has 0 aliphatic carbocycles. The number of nitrogens with zero attached hydrogens (tertiary/aromatic N) is 1. The van der Waals surface area contributed by atoms with Gasteiger partial charge in [0.15, 0.2) is 0 Å². The molecule has 1 heterocycles. The molecule has 0 saturated carbocycles. The molecule has 0 aliphatic heterocycles. The van der Waals surface area contributed by atoms with E-state index in [0.717, 1.165) is 12.2 Å². The summed E-state index contributed by atoms with van der Waals surface area (Å²) in [4.78, 5) is 15.2. The Morgan fingerprint density at radius 3 is 2.63 bits per heavy atom. The summed E-state index contributed by atoms with van der Waals surface area (Å²) in [5, 5.41) is 5.19. The smallest absolute Gasteiger partial charge is 0.242 e. The normalized spacial score (nSPS) is 10.2. The molecular formula is C15H18N2OS. The van der Waals surface area contributed by atoms with Crippen LogP contribution in [0, 0.1) is 0 Å². The number of benzene rings is 1. The van der Waals surface area contributed by atoms with Gasteiger partial charge < -0.3 is 10.2 Å². The molecule has 1 amide bonds. The van der Waals surface area contributed by atoms with E-state index in [4.69, 9.17) is 0 Å². The van der Waals surface area contributed by atoms with E-state index >= 15 is 0 Å². The van der Waals surface area contributed by atoms with Gasteiger partial charge in [-0.2, -0.15) is 0 Å². The van der Waals surface area contributed by atoms with Crippen LogP contribution in [0.15, 0.2) is 47.8 Å². The molecule has 3 nitrogen and oxygen atoms in total. The molecule has 1 N–H and O–H groups in total. The third-order valence-electron chi connectivity index (χ3n) is 2.88. The maximum Gasteiger partial charge on any atom is 0.242 e. The van der Waals surface area contributed by atoms with E-state index in [1.165, 1.54) is 4.88 Å². The molecule has 0 bridgehead atoms. The minimum atomic E-state index is 0.125. The zero-order valence-corrected chi connectivity index (χ0v) is 11.8. The van der Waals surface area contributed by atoms with Crippen molar-refractivity contribution >= 4 is 22.9 Å². The number of anilines is 1. The fourth-order valence-electron chi connectivity index (χ4n) is 1.81. The Morgan fingerprint density at radius 2 is 2.00 bits per heavy atom. The summed E-state index contributed by atoms with van der Waals surface area (Å²) in [5.74, 6) is 0.125. The summed E-state index contributed by atoms with van der Waals surface area (Å²) in [6, 6.07) is 13.9. The van der Waals surface area contributed by atoms with Crippen molar-refractivity contribution in [3.8, 4) is 0 Å². The molecule has 19 heavy (non-hydrogen) atoms. The third kappa shape index (κ3) is 4.10. The molecule has 100 valence electrons. The van der Waals surface area contributed by atoms with Crippen LogP contribution in [-0.4, -0.2) is 23.9 Å². The first-order chi connectivity index (χ1) is 9.29. The van der Waals surface area contributed by atoms with E-state index in [1.54, 1.807) is 11.3 Å². The molecule has 0 unspecified atom stereocenters. The molecule has 1 aromatic heterocycles. The Bertz CT molecular complexity index is 496. The van der Waals surface area contributed by atoms with Crippen molar-refractivity contribution in [3.63, 3.8) is 0 Å². The Hall–Kier alpha value is -1.81. The van der Waals surface area contributed by atoms with Crippen molar-refractivity contribution in [1.82, 2.24) is 4.90 Å². The van der Waals surface area contributed by atoms with Gasteiger partial charge in [0.2, 0.25) is 5.91 Å². The summed E-state index contributed by atoms with van der Waals surface area (Å²) in [7, 11) is 0. The zero-order chi connectivity index (χ0) is 13.5. The lowest BCUT2D eigenvalue weighted by Gasteiger charge is -2.20. The van der Waals surface area contributed by atoms with Gasteiger partial charge in [0.25, 0.3) is 0 Å². The number of carbonyl (C=O) groups is 1. The van der Waals surface area contributed by atoms with E-state index in [-0.39, 0.29) is 5.91 Å². The number of hydrogen-bond donors (Lipinski definition) is 1. The summed E-state index contributed by atoms with van der Waals surface area (Å²) in [6.45, 7) is 3.77. The summed E-state index contributed by atoms with van der Waals surface area (Å²) < 4.78 is 0. The maximum atomic E-state index is 12.1. The Morgan fingerprint density at radius 1 is 1.21 bits per heavy atom. The van der Waals surface area contributed by atoms with E-state index in [9.17, 15) is 4.79 Å². The lowest BCUT2D eigenvalue weighted by Crippen LogP contribution is -2.34. The van der Waals surface area contributed by atoms with Crippen LogP contribution in [0.4, 0.5) is 5.69 Å². The standard InChI is InChI=1S/C15H18N2OS/c1-2-17(12-14-9-6-10-19-14)15(18)11-16-13-7-4-3-5-8-13/h3-10,16H,2,11-12H2,1H3. The third-order valence-corrected chi connectivity index (χ3v) is 3.74. The van der Waals surface area contributed by atoms with Crippen LogP contribution < -0.4 is 5.32 Å². The first-order valence-corrected chi connectivity index (χ1v) is 7.26. The molecule has 4 heteroatoms. The number of carbonyl (C=O) groups excluding carboxylic acids is 1. The van der Waals surface area contributed by atoms with Crippen molar-refractivity contribution in [1.29, 1.82) is 0 Å². The van der Waals surface area contributed by atoms with Gasteiger partial charge in [-0.3, -0.25) is 4.79 Å². The van der Waals surface area contributed by atoms with Gasteiger partial charge in [0.1, 0.15) is 0 Å². The van der Waals surface area contributed by atoms with Crippen LogP contribution in [0.2, 0.25) is 0 Å². The number of nitrogens with one attached hydrogen (secondary N) is 1. The quantitative estimate of drug-likeness (QED) is 0.877. The van der Waals surface area contributed by atoms with Gasteiger partial charge in [0.05, 0.1) is 13.1 Å². The average molecular weight is 274 g/mol. The van der Waals surface area contributed by atoms with E-state index in [1.807, 2.05) is 53.6 Å². The first-order valence-electron chi connectivity index (χ1n) is 6.38. The molecule has 0 radical (unpaired) electrons. The molecule has 0 saturated heterocycles. The van der Waals surface area contributed by atoms with Gasteiger partial charge in [-0.05, 0) is 30.5 Å². The Labute approximate surface area is 117 Å². The molecule has 0 atom stereocenters. The lowest BCUT2D eigenvalue weighted by atomic mass is 10.3. The van der Waals surface area contributed by atoms with Crippen molar-refractivity contribution in [2.45, 2.75) is 13.5 Å². The van der Waals surface area contributed by atoms with Crippen LogP contribution in [0.5, 0.6) is 0 Å². The van der Waals surface area contributed by atoms with E-state index < -0.39 is 0 Å². The highest BCUT2D eigenvalue weighted by molar-refractivity contribution is 7.09. The Kier molecular flexibility index (Phi) is 4.98. The zero-order valence-electron chi connectivity index (χ0n) is 11.0. The highest BCUT2D eigenvalue weighted by Gasteiger charge is 2.12. The molecule has 0 aliphatic rings. The van der Waals surface area contributed by atoms with Crippen molar-refractivity contribution < 1.29 is 4.79 Å². The fourth-order valence-corrected chi connectivity index (χ4v) is 2.53. The van der Waals surface area contributed by atoms with Crippen molar-refractivity contribution in [3.05, 3.63) is 52.7 Å². The van der Waals surface area contributed by atoms with Crippen molar-refractivity contribution in [2.24, 2.45) is 0 Å². The predicted octanol–water partition coefficient (Wildman–Crippen LogP) is 3.21. The highest BCUT2D eigenvalue weighted by Crippen LogP contribution is 2.12. The van der Waals surface area contributed by atoms with Gasteiger partial charge in [-0.25, -0.2) is 0 Å². The fraction of sp³-hybridized carbons (Fsp3) is 0.267. The van der Waals surface area contributed by atoms with Crippen LogP contribution in [0.25, 0.3) is 0 Å². The highest BCUT2D eigenvalue weighted by atomic mass is 32.1. The molecule has 0 spiro atoms. The van der Waals surface area contributed by atoms with Gasteiger partial charge >= 0.3 is 0 Å². The van der Waals surface area contributed by atoms with Gasteiger partial charge in [0, 0.05) is 17.1 Å². The number of likely N-dealkylation sites (N-methyl/N-ethyl adjacent to an activating group) is 1. The number of hydrogen-bond acceptors (Lipinski definition) is 3. The minimum Gasteiger partial charge on any atom is -0.376 e. The monoisotopic (exact) mass is 274 g/mol. The summed E-state index contributed by atoms with van der Waals surface area (Å²) in [5.41, 5.74) is 0.975. The topological polar surface area (TPSA) is 32.3 Å². The van der Waals surface area contributed by atoms with Crippen LogP contribution in [-0.2, 0) is 11.3 Å². The van der Waals surface area contributed by atoms with Gasteiger partial charge in [-0.15, -0.1) is 11.3 Å². The maximum absolute atomic E-state index is 12.1. The van der Waals surface area contributed by atoms with Crippen LogP contribution in [0.1, 0.15) is 11.8 Å². The average Bonchev–Trinajstić information content (AvgIpc) is 2.96. The van der Waals surface area contributed by atoms with Crippen LogP contribution >= 0.6 is 11.3 Å². The molecule has 0 fully saturated rings. The first kappa shape index (κ1) is 13.6. The van der Waals surface area contributed by atoms with E-state index in [0.29, 0.717) is 13.1 Å². The SMILES string of the molecule is CCN(Cc1cccs1)C(=O)CNc1ccccc1. The largest absolute Gasteiger partial charge is 0.376 e. The molecule has 2 aromatic rings. The second kappa shape index (κ2) is 6.95. The second-order valence-electron chi connectivity index (χ2n) is 4.21.